The highest BCUT2D eigenvalue weighted by molar-refractivity contribution is 6.31. The number of para-hydroxylation sites is 1. The van der Waals surface area contributed by atoms with Crippen LogP contribution < -0.4 is 0 Å². The number of fused-ring (bicyclic) bond motifs is 2. The molecule has 0 N–H and O–H groups in total. The minimum absolute atomic E-state index is 0.535. The molecule has 0 fully saturated rings. The molecule has 22 heavy (non-hydrogen) atoms. The van der Waals surface area contributed by atoms with E-state index in [1.165, 1.54) is 0 Å². The topological polar surface area (TPSA) is 43.1 Å². The molecule has 2 heterocycles. The predicted molar refractivity (Wildman–Crippen MR) is 87.3 cm³/mol. The summed E-state index contributed by atoms with van der Waals surface area (Å²) >= 11 is 6.02. The van der Waals surface area contributed by atoms with E-state index < -0.39 is 0 Å². The summed E-state index contributed by atoms with van der Waals surface area (Å²) in [5, 5.41) is 2.54. The normalized spacial score (nSPS) is 11.1. The van der Waals surface area contributed by atoms with Gasteiger partial charge in [0.05, 0.1) is 11.1 Å². The zero-order valence-corrected chi connectivity index (χ0v) is 12.2. The molecule has 3 nitrogen and oxygen atoms in total. The lowest BCUT2D eigenvalue weighted by Gasteiger charge is -2.01. The SMILES string of the molecule is O=Cc1cccc2cc(-c3ccc4ccc(Cl)cc4n3)oc12. The first-order valence-electron chi connectivity index (χ1n) is 6.79. The van der Waals surface area contributed by atoms with Crippen molar-refractivity contribution in [1.29, 1.82) is 0 Å². The van der Waals surface area contributed by atoms with E-state index in [2.05, 4.69) is 4.98 Å². The van der Waals surface area contributed by atoms with Crippen LogP contribution in [-0.4, -0.2) is 11.3 Å². The number of hydrogen-bond donors (Lipinski definition) is 0. The molecule has 0 saturated heterocycles. The largest absolute Gasteiger partial charge is 0.454 e. The van der Waals surface area contributed by atoms with Crippen LogP contribution in [0.15, 0.2) is 59.0 Å². The van der Waals surface area contributed by atoms with Crippen molar-refractivity contribution in [2.45, 2.75) is 0 Å². The second-order valence-electron chi connectivity index (χ2n) is 5.03. The molecule has 0 aliphatic rings. The molecule has 4 aromatic rings. The van der Waals surface area contributed by atoms with Gasteiger partial charge in [-0.25, -0.2) is 4.98 Å². The van der Waals surface area contributed by atoms with Crippen LogP contribution >= 0.6 is 11.6 Å². The quantitative estimate of drug-likeness (QED) is 0.483. The van der Waals surface area contributed by atoms with E-state index in [1.807, 2.05) is 48.5 Å². The highest BCUT2D eigenvalue weighted by Crippen LogP contribution is 2.30. The molecule has 0 bridgehead atoms. The number of rotatable bonds is 2. The summed E-state index contributed by atoms with van der Waals surface area (Å²) in [5.74, 6) is 0.631. The van der Waals surface area contributed by atoms with Gasteiger partial charge in [0.1, 0.15) is 11.3 Å². The van der Waals surface area contributed by atoms with Crippen molar-refractivity contribution < 1.29 is 9.21 Å². The second-order valence-corrected chi connectivity index (χ2v) is 5.46. The van der Waals surface area contributed by atoms with E-state index in [4.69, 9.17) is 16.0 Å². The summed E-state index contributed by atoms with van der Waals surface area (Å²) in [6.07, 6.45) is 0.795. The van der Waals surface area contributed by atoms with Gasteiger partial charge in [-0.05, 0) is 30.3 Å². The minimum atomic E-state index is 0.535. The summed E-state index contributed by atoms with van der Waals surface area (Å²) < 4.78 is 5.83. The van der Waals surface area contributed by atoms with Gasteiger partial charge in [0.2, 0.25) is 0 Å². The average molecular weight is 308 g/mol. The monoisotopic (exact) mass is 307 g/mol. The number of carbonyl (C=O) groups is 1. The third kappa shape index (κ3) is 2.07. The van der Waals surface area contributed by atoms with E-state index in [0.29, 0.717) is 27.6 Å². The van der Waals surface area contributed by atoms with Crippen LogP contribution in [0.5, 0.6) is 0 Å². The lowest BCUT2D eigenvalue weighted by Crippen LogP contribution is -1.83. The minimum Gasteiger partial charge on any atom is -0.454 e. The van der Waals surface area contributed by atoms with Crippen LogP contribution in [-0.2, 0) is 0 Å². The first-order chi connectivity index (χ1) is 10.7. The lowest BCUT2D eigenvalue weighted by atomic mass is 10.1. The Morgan fingerprint density at radius 1 is 1.00 bits per heavy atom. The van der Waals surface area contributed by atoms with E-state index in [9.17, 15) is 4.79 Å². The Hall–Kier alpha value is -2.65. The molecule has 4 heteroatoms. The first-order valence-corrected chi connectivity index (χ1v) is 7.17. The second kappa shape index (κ2) is 4.97. The summed E-state index contributed by atoms with van der Waals surface area (Å²) in [5.41, 5.74) is 2.64. The van der Waals surface area contributed by atoms with E-state index in [-0.39, 0.29) is 0 Å². The van der Waals surface area contributed by atoms with Crippen molar-refractivity contribution in [3.8, 4) is 11.5 Å². The molecule has 2 aromatic carbocycles. The van der Waals surface area contributed by atoms with Crippen molar-refractivity contribution in [3.05, 3.63) is 65.2 Å². The van der Waals surface area contributed by atoms with Gasteiger partial charge in [-0.1, -0.05) is 35.9 Å². The van der Waals surface area contributed by atoms with Crippen molar-refractivity contribution in [3.63, 3.8) is 0 Å². The van der Waals surface area contributed by atoms with E-state index in [1.54, 1.807) is 6.07 Å². The molecule has 0 unspecified atom stereocenters. The zero-order chi connectivity index (χ0) is 15.1. The van der Waals surface area contributed by atoms with E-state index in [0.717, 1.165) is 22.6 Å². The number of aromatic nitrogens is 1. The molecule has 0 amide bonds. The predicted octanol–water partition coefficient (Wildman–Crippen LogP) is 5.11. The fourth-order valence-electron chi connectivity index (χ4n) is 2.53. The summed E-state index contributed by atoms with van der Waals surface area (Å²) in [7, 11) is 0. The maximum atomic E-state index is 11.1. The fourth-order valence-corrected chi connectivity index (χ4v) is 2.70. The van der Waals surface area contributed by atoms with Crippen LogP contribution in [0.1, 0.15) is 10.4 Å². The molecular formula is C18H10ClNO2. The lowest BCUT2D eigenvalue weighted by molar-refractivity contribution is 0.112. The molecule has 2 aromatic heterocycles. The van der Waals surface area contributed by atoms with Crippen LogP contribution in [0.25, 0.3) is 33.3 Å². The molecule has 106 valence electrons. The number of hydrogen-bond acceptors (Lipinski definition) is 3. The molecule has 0 saturated carbocycles. The summed E-state index contributed by atoms with van der Waals surface area (Å²) in [6.45, 7) is 0. The summed E-state index contributed by atoms with van der Waals surface area (Å²) in [6, 6.07) is 16.8. The van der Waals surface area contributed by atoms with Gasteiger partial charge in [-0.2, -0.15) is 0 Å². The number of aldehydes is 1. The number of pyridine rings is 1. The Labute approximate surface area is 131 Å². The Kier molecular flexibility index (Phi) is 2.94. The number of nitrogens with zero attached hydrogens (tertiary/aromatic N) is 1. The molecule has 0 spiro atoms. The third-order valence-electron chi connectivity index (χ3n) is 3.61. The van der Waals surface area contributed by atoms with Crippen molar-refractivity contribution in [1.82, 2.24) is 4.98 Å². The van der Waals surface area contributed by atoms with Crippen LogP contribution in [0.2, 0.25) is 5.02 Å². The highest BCUT2D eigenvalue weighted by Gasteiger charge is 2.11. The fraction of sp³-hybridized carbons (Fsp3) is 0. The summed E-state index contributed by atoms with van der Waals surface area (Å²) in [4.78, 5) is 15.7. The molecule has 0 radical (unpaired) electrons. The Balaban J connectivity index is 1.92. The van der Waals surface area contributed by atoms with Crippen molar-refractivity contribution in [2.75, 3.05) is 0 Å². The standard InChI is InChI=1S/C18H10ClNO2/c19-14-6-4-11-5-7-15(20-16(11)9-14)17-8-12-2-1-3-13(10-21)18(12)22-17/h1-10H. The maximum absolute atomic E-state index is 11.1. The molecule has 4 rings (SSSR count). The van der Waals surface area contributed by atoms with E-state index >= 15 is 0 Å². The smallest absolute Gasteiger partial charge is 0.153 e. The number of carbonyl (C=O) groups excluding carboxylic acids is 1. The third-order valence-corrected chi connectivity index (χ3v) is 3.84. The number of halogens is 1. The van der Waals surface area contributed by atoms with Gasteiger partial charge >= 0.3 is 0 Å². The Morgan fingerprint density at radius 2 is 1.86 bits per heavy atom. The van der Waals surface area contributed by atoms with Gasteiger partial charge in [0.15, 0.2) is 12.0 Å². The molecule has 0 atom stereocenters. The average Bonchev–Trinajstić information content (AvgIpc) is 2.98. The Bertz CT molecular complexity index is 1020. The van der Waals surface area contributed by atoms with Crippen molar-refractivity contribution in [2.24, 2.45) is 0 Å². The molecule has 0 aliphatic heterocycles. The van der Waals surface area contributed by atoms with Crippen LogP contribution in [0.4, 0.5) is 0 Å². The first kappa shape index (κ1) is 13.0. The van der Waals surface area contributed by atoms with Gasteiger partial charge in [-0.3, -0.25) is 4.79 Å². The maximum Gasteiger partial charge on any atom is 0.153 e. The molecular weight excluding hydrogens is 298 g/mol. The van der Waals surface area contributed by atoms with Gasteiger partial charge < -0.3 is 4.42 Å². The zero-order valence-electron chi connectivity index (χ0n) is 11.4. The number of benzene rings is 2. The number of furan rings is 1. The van der Waals surface area contributed by atoms with Gasteiger partial charge in [-0.15, -0.1) is 0 Å². The van der Waals surface area contributed by atoms with Crippen LogP contribution in [0.3, 0.4) is 0 Å². The Morgan fingerprint density at radius 3 is 2.73 bits per heavy atom. The van der Waals surface area contributed by atoms with Gasteiger partial charge in [0.25, 0.3) is 0 Å². The van der Waals surface area contributed by atoms with Crippen molar-refractivity contribution >= 4 is 39.8 Å². The van der Waals surface area contributed by atoms with Crippen LogP contribution in [0, 0.1) is 0 Å². The highest BCUT2D eigenvalue weighted by atomic mass is 35.5. The van der Waals surface area contributed by atoms with Gasteiger partial charge in [0, 0.05) is 15.8 Å². The molecule has 0 aliphatic carbocycles.